The second-order valence-corrected chi connectivity index (χ2v) is 3.48. The third-order valence-corrected chi connectivity index (χ3v) is 2.43. The van der Waals surface area contributed by atoms with E-state index in [-0.39, 0.29) is 22.9 Å². The molecule has 0 N–H and O–H groups in total. The maximum Gasteiger partial charge on any atom is 0.338 e. The van der Waals surface area contributed by atoms with E-state index in [4.69, 9.17) is 16.3 Å². The Hall–Kier alpha value is -1.62. The molecular formula is C10H10ClNO4. The molecule has 1 rings (SSSR count). The van der Waals surface area contributed by atoms with E-state index in [9.17, 15) is 14.9 Å². The van der Waals surface area contributed by atoms with Crippen molar-refractivity contribution in [3.8, 4) is 0 Å². The van der Waals surface area contributed by atoms with Crippen molar-refractivity contribution in [2.75, 3.05) is 6.61 Å². The normalized spacial score (nSPS) is 9.94. The average molecular weight is 244 g/mol. The summed E-state index contributed by atoms with van der Waals surface area (Å²) in [5.74, 6) is -0.606. The second kappa shape index (κ2) is 4.94. The minimum Gasteiger partial charge on any atom is -0.462 e. The van der Waals surface area contributed by atoms with Gasteiger partial charge in [0.2, 0.25) is 0 Å². The third kappa shape index (κ3) is 2.49. The number of hydrogen-bond donors (Lipinski definition) is 0. The van der Waals surface area contributed by atoms with Crippen LogP contribution in [0.3, 0.4) is 0 Å². The molecule has 1 aromatic rings. The first kappa shape index (κ1) is 12.4. The molecular weight excluding hydrogens is 234 g/mol. The molecule has 1 aromatic carbocycles. The SMILES string of the molecule is CCOC(=O)c1cc([N+](=O)[O-])cc(Cl)c1C. The number of nitro benzene ring substituents is 1. The van der Waals surface area contributed by atoms with Crippen LogP contribution in [0.2, 0.25) is 5.02 Å². The van der Waals surface area contributed by atoms with E-state index < -0.39 is 10.9 Å². The largest absolute Gasteiger partial charge is 0.462 e. The van der Waals surface area contributed by atoms with Crippen LogP contribution in [0.4, 0.5) is 5.69 Å². The van der Waals surface area contributed by atoms with Gasteiger partial charge in [0, 0.05) is 12.1 Å². The molecule has 0 heterocycles. The Morgan fingerprint density at radius 1 is 1.56 bits per heavy atom. The van der Waals surface area contributed by atoms with Gasteiger partial charge in [0.1, 0.15) is 0 Å². The van der Waals surface area contributed by atoms with Crippen LogP contribution in [-0.2, 0) is 4.74 Å². The Morgan fingerprint density at radius 2 is 2.19 bits per heavy atom. The maximum absolute atomic E-state index is 11.5. The number of nitro groups is 1. The van der Waals surface area contributed by atoms with E-state index in [1.54, 1.807) is 13.8 Å². The van der Waals surface area contributed by atoms with Crippen LogP contribution in [0.15, 0.2) is 12.1 Å². The molecule has 0 radical (unpaired) electrons. The molecule has 0 spiro atoms. The number of esters is 1. The van der Waals surface area contributed by atoms with Gasteiger partial charge in [0.25, 0.3) is 5.69 Å². The number of non-ortho nitro benzene ring substituents is 1. The molecule has 0 aliphatic carbocycles. The highest BCUT2D eigenvalue weighted by Crippen LogP contribution is 2.26. The first-order chi connectivity index (χ1) is 7.47. The smallest absolute Gasteiger partial charge is 0.338 e. The van der Waals surface area contributed by atoms with Gasteiger partial charge < -0.3 is 4.74 Å². The fourth-order valence-electron chi connectivity index (χ4n) is 1.19. The number of hydrogen-bond acceptors (Lipinski definition) is 4. The van der Waals surface area contributed by atoms with E-state index in [0.717, 1.165) is 0 Å². The maximum atomic E-state index is 11.5. The van der Waals surface area contributed by atoms with Gasteiger partial charge in [-0.1, -0.05) is 11.6 Å². The first-order valence-electron chi connectivity index (χ1n) is 4.59. The molecule has 16 heavy (non-hydrogen) atoms. The predicted molar refractivity (Wildman–Crippen MR) is 58.8 cm³/mol. The molecule has 0 unspecified atom stereocenters. The second-order valence-electron chi connectivity index (χ2n) is 3.08. The zero-order valence-electron chi connectivity index (χ0n) is 8.82. The summed E-state index contributed by atoms with van der Waals surface area (Å²) in [7, 11) is 0. The van der Waals surface area contributed by atoms with Crippen molar-refractivity contribution in [1.82, 2.24) is 0 Å². The van der Waals surface area contributed by atoms with Crippen LogP contribution in [0.25, 0.3) is 0 Å². The van der Waals surface area contributed by atoms with Gasteiger partial charge >= 0.3 is 5.97 Å². The number of ether oxygens (including phenoxy) is 1. The number of rotatable bonds is 3. The minimum atomic E-state index is -0.606. The predicted octanol–water partition coefficient (Wildman–Crippen LogP) is 2.73. The Balaban J connectivity index is 3.26. The van der Waals surface area contributed by atoms with Gasteiger partial charge in [-0.2, -0.15) is 0 Å². The lowest BCUT2D eigenvalue weighted by Crippen LogP contribution is -2.07. The highest BCUT2D eigenvalue weighted by atomic mass is 35.5. The minimum absolute atomic E-state index is 0.126. The molecule has 0 amide bonds. The van der Waals surface area contributed by atoms with Gasteiger partial charge in [-0.15, -0.1) is 0 Å². The quantitative estimate of drug-likeness (QED) is 0.465. The highest BCUT2D eigenvalue weighted by molar-refractivity contribution is 6.32. The first-order valence-corrected chi connectivity index (χ1v) is 4.96. The van der Waals surface area contributed by atoms with Crippen LogP contribution in [0.1, 0.15) is 22.8 Å². The topological polar surface area (TPSA) is 69.4 Å². The molecule has 6 heteroatoms. The number of benzene rings is 1. The van der Waals surface area contributed by atoms with E-state index in [1.165, 1.54) is 12.1 Å². The molecule has 0 atom stereocenters. The van der Waals surface area contributed by atoms with E-state index in [1.807, 2.05) is 0 Å². The number of nitrogens with zero attached hydrogens (tertiary/aromatic N) is 1. The van der Waals surface area contributed by atoms with Crippen molar-refractivity contribution < 1.29 is 14.5 Å². The fourth-order valence-corrected chi connectivity index (χ4v) is 1.40. The molecule has 0 aliphatic rings. The standard InChI is InChI=1S/C10H10ClNO4/c1-3-16-10(13)8-4-7(12(14)15)5-9(11)6(8)2/h4-5H,3H2,1-2H3. The molecule has 0 bridgehead atoms. The zero-order chi connectivity index (χ0) is 12.3. The van der Waals surface area contributed by atoms with Crippen molar-refractivity contribution in [1.29, 1.82) is 0 Å². The lowest BCUT2D eigenvalue weighted by Gasteiger charge is -2.06. The number of halogens is 1. The van der Waals surface area contributed by atoms with Crippen molar-refractivity contribution in [3.63, 3.8) is 0 Å². The third-order valence-electron chi connectivity index (χ3n) is 2.04. The van der Waals surface area contributed by atoms with Crippen molar-refractivity contribution in [2.45, 2.75) is 13.8 Å². The van der Waals surface area contributed by atoms with Crippen LogP contribution in [0.5, 0.6) is 0 Å². The zero-order valence-corrected chi connectivity index (χ0v) is 9.58. The summed E-state index contributed by atoms with van der Waals surface area (Å²) in [6.07, 6.45) is 0. The molecule has 5 nitrogen and oxygen atoms in total. The van der Waals surface area contributed by atoms with Gasteiger partial charge in [-0.3, -0.25) is 10.1 Å². The molecule has 86 valence electrons. The summed E-state index contributed by atoms with van der Waals surface area (Å²) in [4.78, 5) is 21.5. The van der Waals surface area contributed by atoms with Crippen molar-refractivity contribution in [2.24, 2.45) is 0 Å². The van der Waals surface area contributed by atoms with Gasteiger partial charge in [0.05, 0.1) is 22.1 Å². The summed E-state index contributed by atoms with van der Waals surface area (Å²) in [6.45, 7) is 3.48. The van der Waals surface area contributed by atoms with Gasteiger partial charge in [-0.05, 0) is 19.4 Å². The van der Waals surface area contributed by atoms with E-state index in [2.05, 4.69) is 0 Å². The summed E-state index contributed by atoms with van der Waals surface area (Å²) in [5, 5.41) is 10.8. The lowest BCUT2D eigenvalue weighted by atomic mass is 10.1. The number of carbonyl (C=O) groups excluding carboxylic acids is 1. The Labute approximate surface area is 97.1 Å². The van der Waals surface area contributed by atoms with Crippen molar-refractivity contribution in [3.05, 3.63) is 38.4 Å². The van der Waals surface area contributed by atoms with Crippen LogP contribution in [-0.4, -0.2) is 17.5 Å². The molecule has 0 fully saturated rings. The highest BCUT2D eigenvalue weighted by Gasteiger charge is 2.18. The van der Waals surface area contributed by atoms with Crippen LogP contribution in [0, 0.1) is 17.0 Å². The monoisotopic (exact) mass is 243 g/mol. The Morgan fingerprint density at radius 3 is 2.69 bits per heavy atom. The summed E-state index contributed by atoms with van der Waals surface area (Å²) in [5.41, 5.74) is 0.380. The molecule has 0 aromatic heterocycles. The molecule has 0 saturated carbocycles. The summed E-state index contributed by atoms with van der Waals surface area (Å²) < 4.78 is 4.78. The summed E-state index contributed by atoms with van der Waals surface area (Å²) >= 11 is 5.80. The van der Waals surface area contributed by atoms with Crippen molar-refractivity contribution >= 4 is 23.3 Å². The average Bonchev–Trinajstić information content (AvgIpc) is 2.21. The lowest BCUT2D eigenvalue weighted by molar-refractivity contribution is -0.384. The van der Waals surface area contributed by atoms with Gasteiger partial charge in [-0.25, -0.2) is 4.79 Å². The molecule has 0 saturated heterocycles. The van der Waals surface area contributed by atoms with E-state index >= 15 is 0 Å². The fraction of sp³-hybridized carbons (Fsp3) is 0.300. The van der Waals surface area contributed by atoms with E-state index in [0.29, 0.717) is 5.56 Å². The Bertz CT molecular complexity index is 445. The Kier molecular flexibility index (Phi) is 3.84. The summed E-state index contributed by atoms with van der Waals surface area (Å²) in [6, 6.07) is 2.37. The van der Waals surface area contributed by atoms with Gasteiger partial charge in [0.15, 0.2) is 0 Å². The van der Waals surface area contributed by atoms with Crippen LogP contribution < -0.4 is 0 Å². The van der Waals surface area contributed by atoms with Crippen LogP contribution >= 0.6 is 11.6 Å². The molecule has 0 aliphatic heterocycles. The number of carbonyl (C=O) groups is 1.